The zero-order valence-electron chi connectivity index (χ0n) is 7.49. The van der Waals surface area contributed by atoms with Gasteiger partial charge < -0.3 is 5.11 Å². The maximum absolute atomic E-state index is 10.7. The van der Waals surface area contributed by atoms with Gasteiger partial charge in [-0.05, 0) is 29.9 Å². The lowest BCUT2D eigenvalue weighted by atomic mass is 10.1. The highest BCUT2D eigenvalue weighted by atomic mass is 32.1. The van der Waals surface area contributed by atoms with E-state index in [1.807, 2.05) is 0 Å². The second-order valence-electron chi connectivity index (χ2n) is 3.45. The molecule has 0 radical (unpaired) electrons. The van der Waals surface area contributed by atoms with E-state index in [9.17, 15) is 4.79 Å². The minimum Gasteiger partial charge on any atom is -0.481 e. The normalized spacial score (nSPS) is 25.9. The quantitative estimate of drug-likeness (QED) is 0.806. The molecule has 2 nitrogen and oxygen atoms in total. The molecule has 2 rings (SSSR count). The fourth-order valence-corrected chi connectivity index (χ4v) is 2.90. The Morgan fingerprint density at radius 3 is 3.08 bits per heavy atom. The first-order valence-corrected chi connectivity index (χ1v) is 5.41. The minimum absolute atomic E-state index is 0.107. The summed E-state index contributed by atoms with van der Waals surface area (Å²) in [6.45, 7) is 2.11. The molecule has 1 aliphatic carbocycles. The predicted molar refractivity (Wildman–Crippen MR) is 52.2 cm³/mol. The van der Waals surface area contributed by atoms with E-state index in [0.29, 0.717) is 5.92 Å². The fraction of sp³-hybridized carbons (Fsp3) is 0.500. The van der Waals surface area contributed by atoms with Gasteiger partial charge in [0.2, 0.25) is 0 Å². The Labute approximate surface area is 81.2 Å². The van der Waals surface area contributed by atoms with Gasteiger partial charge in [0.25, 0.3) is 0 Å². The molecule has 3 heteroatoms. The Bertz CT molecular complexity index is 329. The number of aliphatic carboxylic acids is 1. The van der Waals surface area contributed by atoms with Crippen LogP contribution in [0.2, 0.25) is 0 Å². The molecular weight excluding hydrogens is 184 g/mol. The van der Waals surface area contributed by atoms with E-state index >= 15 is 0 Å². The van der Waals surface area contributed by atoms with Crippen LogP contribution in [0.4, 0.5) is 0 Å². The van der Waals surface area contributed by atoms with Gasteiger partial charge in [-0.25, -0.2) is 0 Å². The SMILES string of the molecule is CCc1ccsc1C1CC1C(=O)O. The van der Waals surface area contributed by atoms with E-state index in [0.717, 1.165) is 12.8 Å². The summed E-state index contributed by atoms with van der Waals surface area (Å²) in [6, 6.07) is 2.11. The van der Waals surface area contributed by atoms with Crippen molar-refractivity contribution in [2.45, 2.75) is 25.7 Å². The predicted octanol–water partition coefficient (Wildman–Crippen LogP) is 2.50. The van der Waals surface area contributed by atoms with E-state index in [-0.39, 0.29) is 5.92 Å². The number of thiophene rings is 1. The van der Waals surface area contributed by atoms with Crippen molar-refractivity contribution < 1.29 is 9.90 Å². The molecule has 1 saturated carbocycles. The number of hydrogen-bond acceptors (Lipinski definition) is 2. The van der Waals surface area contributed by atoms with Gasteiger partial charge in [0.15, 0.2) is 0 Å². The minimum atomic E-state index is -0.638. The van der Waals surface area contributed by atoms with Gasteiger partial charge in [-0.15, -0.1) is 11.3 Å². The monoisotopic (exact) mass is 196 g/mol. The highest BCUT2D eigenvalue weighted by molar-refractivity contribution is 7.10. The van der Waals surface area contributed by atoms with Gasteiger partial charge in [0.1, 0.15) is 0 Å². The van der Waals surface area contributed by atoms with Crippen molar-refractivity contribution in [3.8, 4) is 0 Å². The fourth-order valence-electron chi connectivity index (χ4n) is 1.72. The average molecular weight is 196 g/mol. The lowest BCUT2D eigenvalue weighted by Gasteiger charge is -1.97. The van der Waals surface area contributed by atoms with Crippen LogP contribution >= 0.6 is 11.3 Å². The molecule has 0 aromatic carbocycles. The summed E-state index contributed by atoms with van der Waals surface area (Å²) in [5, 5.41) is 10.9. The van der Waals surface area contributed by atoms with E-state index in [4.69, 9.17) is 5.11 Å². The Morgan fingerprint density at radius 2 is 2.54 bits per heavy atom. The maximum atomic E-state index is 10.7. The first kappa shape index (κ1) is 8.75. The Kier molecular flexibility index (Phi) is 2.12. The summed E-state index contributed by atoms with van der Waals surface area (Å²) in [7, 11) is 0. The lowest BCUT2D eigenvalue weighted by Crippen LogP contribution is -1.98. The van der Waals surface area contributed by atoms with Gasteiger partial charge in [0, 0.05) is 10.8 Å². The van der Waals surface area contributed by atoms with Crippen molar-refractivity contribution >= 4 is 17.3 Å². The van der Waals surface area contributed by atoms with Gasteiger partial charge in [-0.3, -0.25) is 4.79 Å². The largest absolute Gasteiger partial charge is 0.481 e. The van der Waals surface area contributed by atoms with Crippen LogP contribution in [0.15, 0.2) is 11.4 Å². The van der Waals surface area contributed by atoms with E-state index in [1.54, 1.807) is 11.3 Å². The molecule has 1 aliphatic rings. The number of carbonyl (C=O) groups is 1. The summed E-state index contributed by atoms with van der Waals surface area (Å²) in [6.07, 6.45) is 1.85. The van der Waals surface area contributed by atoms with Gasteiger partial charge in [0.05, 0.1) is 5.92 Å². The lowest BCUT2D eigenvalue weighted by molar-refractivity contribution is -0.138. The molecule has 2 unspecified atom stereocenters. The van der Waals surface area contributed by atoms with Crippen LogP contribution in [0.25, 0.3) is 0 Å². The average Bonchev–Trinajstić information content (AvgIpc) is 2.77. The molecule has 0 spiro atoms. The van der Waals surface area contributed by atoms with Crippen LogP contribution in [0, 0.1) is 5.92 Å². The van der Waals surface area contributed by atoms with Crippen molar-refractivity contribution in [1.29, 1.82) is 0 Å². The van der Waals surface area contributed by atoms with E-state index < -0.39 is 5.97 Å². The van der Waals surface area contributed by atoms with Crippen LogP contribution in [-0.2, 0) is 11.2 Å². The molecule has 70 valence electrons. The third-order valence-corrected chi connectivity index (χ3v) is 3.70. The van der Waals surface area contributed by atoms with Crippen molar-refractivity contribution in [2.75, 3.05) is 0 Å². The molecule has 1 N–H and O–H groups in total. The van der Waals surface area contributed by atoms with Crippen molar-refractivity contribution in [3.05, 3.63) is 21.9 Å². The highest BCUT2D eigenvalue weighted by Gasteiger charge is 2.45. The number of aryl methyl sites for hydroxylation is 1. The summed E-state index contributed by atoms with van der Waals surface area (Å²) in [5.41, 5.74) is 1.33. The smallest absolute Gasteiger partial charge is 0.307 e. The molecule has 0 amide bonds. The molecule has 1 aromatic heterocycles. The van der Waals surface area contributed by atoms with Crippen LogP contribution < -0.4 is 0 Å². The standard InChI is InChI=1S/C10H12O2S/c1-2-6-3-4-13-9(6)7-5-8(7)10(11)12/h3-4,7-8H,2,5H2,1H3,(H,11,12). The van der Waals surface area contributed by atoms with Crippen molar-refractivity contribution in [3.63, 3.8) is 0 Å². The van der Waals surface area contributed by atoms with Gasteiger partial charge in [-0.2, -0.15) is 0 Å². The number of carboxylic acids is 1. The number of hydrogen-bond donors (Lipinski definition) is 1. The Hall–Kier alpha value is -0.830. The molecule has 2 atom stereocenters. The van der Waals surface area contributed by atoms with Gasteiger partial charge >= 0.3 is 5.97 Å². The first-order valence-electron chi connectivity index (χ1n) is 4.53. The number of rotatable bonds is 3. The molecule has 0 bridgehead atoms. The maximum Gasteiger partial charge on any atom is 0.307 e. The van der Waals surface area contributed by atoms with Gasteiger partial charge in [-0.1, -0.05) is 6.92 Å². The summed E-state index contributed by atoms with van der Waals surface area (Å²) >= 11 is 1.70. The first-order chi connectivity index (χ1) is 6.24. The summed E-state index contributed by atoms with van der Waals surface area (Å²) < 4.78 is 0. The second kappa shape index (κ2) is 3.14. The Balaban J connectivity index is 2.15. The van der Waals surface area contributed by atoms with E-state index in [2.05, 4.69) is 18.4 Å². The van der Waals surface area contributed by atoms with Crippen LogP contribution in [0.3, 0.4) is 0 Å². The van der Waals surface area contributed by atoms with Crippen LogP contribution in [0.1, 0.15) is 29.7 Å². The topological polar surface area (TPSA) is 37.3 Å². The zero-order chi connectivity index (χ0) is 9.42. The second-order valence-corrected chi connectivity index (χ2v) is 4.40. The third-order valence-electron chi connectivity index (χ3n) is 2.61. The highest BCUT2D eigenvalue weighted by Crippen LogP contribution is 2.50. The van der Waals surface area contributed by atoms with E-state index in [1.165, 1.54) is 10.4 Å². The molecular formula is C10H12O2S. The molecule has 1 aromatic rings. The summed E-state index contributed by atoms with van der Waals surface area (Å²) in [5.74, 6) is -0.433. The van der Waals surface area contributed by atoms with Crippen LogP contribution in [-0.4, -0.2) is 11.1 Å². The molecule has 0 saturated heterocycles. The molecule has 0 aliphatic heterocycles. The summed E-state index contributed by atoms with van der Waals surface area (Å²) in [4.78, 5) is 12.0. The molecule has 13 heavy (non-hydrogen) atoms. The molecule has 1 fully saturated rings. The van der Waals surface area contributed by atoms with Crippen molar-refractivity contribution in [2.24, 2.45) is 5.92 Å². The van der Waals surface area contributed by atoms with Crippen LogP contribution in [0.5, 0.6) is 0 Å². The third kappa shape index (κ3) is 1.48. The molecule has 1 heterocycles. The Morgan fingerprint density at radius 1 is 1.77 bits per heavy atom. The van der Waals surface area contributed by atoms with Crippen molar-refractivity contribution in [1.82, 2.24) is 0 Å². The number of carboxylic acid groups (broad SMARTS) is 1. The zero-order valence-corrected chi connectivity index (χ0v) is 8.30.